The largest absolute Gasteiger partial charge is 0.452 e. The van der Waals surface area contributed by atoms with Crippen LogP contribution in [0.5, 0.6) is 0 Å². The van der Waals surface area contributed by atoms with Crippen LogP contribution in [-0.4, -0.2) is 30.9 Å². The summed E-state index contributed by atoms with van der Waals surface area (Å²) in [6.07, 6.45) is 0. The van der Waals surface area contributed by atoms with E-state index in [2.05, 4.69) is 21.2 Å². The van der Waals surface area contributed by atoms with Crippen LogP contribution in [-0.2, 0) is 11.3 Å². The van der Waals surface area contributed by atoms with E-state index in [1.165, 1.54) is 0 Å². The van der Waals surface area contributed by atoms with Gasteiger partial charge in [-0.25, -0.2) is 0 Å². The van der Waals surface area contributed by atoms with Crippen molar-refractivity contribution in [3.05, 3.63) is 22.6 Å². The summed E-state index contributed by atoms with van der Waals surface area (Å²) in [6, 6.07) is 3.67. The molecule has 0 aliphatic heterocycles. The highest BCUT2D eigenvalue weighted by Gasteiger charge is 2.10. The molecule has 0 aromatic carbocycles. The summed E-state index contributed by atoms with van der Waals surface area (Å²) in [4.78, 5) is 13.2. The summed E-state index contributed by atoms with van der Waals surface area (Å²) in [7, 11) is 1.76. The number of carbonyl (C=O) groups is 1. The summed E-state index contributed by atoms with van der Waals surface area (Å²) in [5.74, 6) is 0.832. The quantitative estimate of drug-likeness (QED) is 0.888. The number of nitrogens with one attached hydrogen (secondary N) is 1. The Morgan fingerprint density at radius 2 is 2.33 bits per heavy atom. The third kappa shape index (κ3) is 4.05. The van der Waals surface area contributed by atoms with Crippen LogP contribution in [0.25, 0.3) is 0 Å². The van der Waals surface area contributed by atoms with Crippen LogP contribution in [0.4, 0.5) is 0 Å². The van der Waals surface area contributed by atoms with Crippen molar-refractivity contribution in [2.75, 3.05) is 20.1 Å². The van der Waals surface area contributed by atoms with Gasteiger partial charge in [0.05, 0.1) is 13.1 Å². The molecule has 1 aromatic heterocycles. The van der Waals surface area contributed by atoms with Crippen LogP contribution in [0.2, 0.25) is 0 Å². The Hall–Kier alpha value is -0.810. The lowest BCUT2D eigenvalue weighted by Gasteiger charge is -2.15. The van der Waals surface area contributed by atoms with Gasteiger partial charge in [0.25, 0.3) is 0 Å². The van der Waals surface area contributed by atoms with Crippen LogP contribution >= 0.6 is 15.9 Å². The predicted molar refractivity (Wildman–Crippen MR) is 61.4 cm³/mol. The molecule has 0 saturated carbocycles. The predicted octanol–water partition coefficient (Wildman–Crippen LogP) is 1.61. The molecule has 1 heterocycles. The number of amides is 1. The Bertz CT molecular complexity index is 325. The second-order valence-electron chi connectivity index (χ2n) is 3.24. The number of hydrogen-bond acceptors (Lipinski definition) is 3. The van der Waals surface area contributed by atoms with Crippen molar-refractivity contribution < 1.29 is 9.21 Å². The molecule has 0 bridgehead atoms. The average Bonchev–Trinajstić information content (AvgIpc) is 2.60. The molecule has 0 saturated heterocycles. The molecule has 1 rings (SSSR count). The Morgan fingerprint density at radius 3 is 2.87 bits per heavy atom. The van der Waals surface area contributed by atoms with Crippen LogP contribution in [0, 0.1) is 0 Å². The van der Waals surface area contributed by atoms with Crippen molar-refractivity contribution in [2.45, 2.75) is 13.5 Å². The van der Waals surface area contributed by atoms with Gasteiger partial charge in [0.15, 0.2) is 4.67 Å². The van der Waals surface area contributed by atoms with E-state index in [1.807, 2.05) is 19.1 Å². The lowest BCUT2D eigenvalue weighted by atomic mass is 10.4. The van der Waals surface area contributed by atoms with Crippen molar-refractivity contribution in [3.8, 4) is 0 Å². The van der Waals surface area contributed by atoms with E-state index in [0.717, 1.165) is 12.3 Å². The van der Waals surface area contributed by atoms with Crippen LogP contribution < -0.4 is 5.32 Å². The normalized spacial score (nSPS) is 10.3. The first-order valence-corrected chi connectivity index (χ1v) is 5.61. The molecule has 15 heavy (non-hydrogen) atoms. The number of furan rings is 1. The minimum atomic E-state index is 0.0596. The maximum Gasteiger partial charge on any atom is 0.236 e. The molecule has 1 amide bonds. The van der Waals surface area contributed by atoms with Crippen molar-refractivity contribution in [1.82, 2.24) is 10.2 Å². The highest BCUT2D eigenvalue weighted by Crippen LogP contribution is 2.15. The molecule has 0 spiro atoms. The van der Waals surface area contributed by atoms with Gasteiger partial charge in [0.1, 0.15) is 5.76 Å². The lowest BCUT2D eigenvalue weighted by Crippen LogP contribution is -2.34. The third-order valence-electron chi connectivity index (χ3n) is 1.97. The van der Waals surface area contributed by atoms with Gasteiger partial charge in [-0.2, -0.15) is 0 Å². The number of likely N-dealkylation sites (N-methyl/N-ethyl adjacent to an activating group) is 2. The van der Waals surface area contributed by atoms with E-state index in [1.54, 1.807) is 11.9 Å². The first-order chi connectivity index (χ1) is 7.13. The van der Waals surface area contributed by atoms with Crippen LogP contribution in [0.15, 0.2) is 21.2 Å². The fourth-order valence-corrected chi connectivity index (χ4v) is 1.47. The fraction of sp³-hybridized carbons (Fsp3) is 0.500. The molecule has 1 N–H and O–H groups in total. The van der Waals surface area contributed by atoms with Gasteiger partial charge in [-0.3, -0.25) is 4.79 Å². The second kappa shape index (κ2) is 5.92. The monoisotopic (exact) mass is 274 g/mol. The molecule has 0 aliphatic rings. The topological polar surface area (TPSA) is 45.5 Å². The zero-order valence-electron chi connectivity index (χ0n) is 8.92. The maximum absolute atomic E-state index is 11.5. The van der Waals surface area contributed by atoms with Crippen LogP contribution in [0.1, 0.15) is 12.7 Å². The molecule has 0 fully saturated rings. The van der Waals surface area contributed by atoms with Gasteiger partial charge < -0.3 is 14.6 Å². The van der Waals surface area contributed by atoms with Crippen LogP contribution in [0.3, 0.4) is 0 Å². The summed E-state index contributed by atoms with van der Waals surface area (Å²) < 4.78 is 6.00. The Morgan fingerprint density at radius 1 is 1.60 bits per heavy atom. The molecule has 84 valence electrons. The van der Waals surface area contributed by atoms with E-state index >= 15 is 0 Å². The Balaban J connectivity index is 2.41. The molecule has 0 radical (unpaired) electrons. The highest BCUT2D eigenvalue weighted by molar-refractivity contribution is 9.10. The highest BCUT2D eigenvalue weighted by atomic mass is 79.9. The van der Waals surface area contributed by atoms with Gasteiger partial charge >= 0.3 is 0 Å². The second-order valence-corrected chi connectivity index (χ2v) is 4.02. The van der Waals surface area contributed by atoms with E-state index in [9.17, 15) is 4.79 Å². The summed E-state index contributed by atoms with van der Waals surface area (Å²) in [5, 5.41) is 2.99. The van der Waals surface area contributed by atoms with E-state index < -0.39 is 0 Å². The molecular weight excluding hydrogens is 260 g/mol. The number of rotatable bonds is 5. The smallest absolute Gasteiger partial charge is 0.236 e. The van der Waals surface area contributed by atoms with Gasteiger partial charge in [0, 0.05) is 7.05 Å². The molecule has 1 aromatic rings. The standard InChI is InChI=1S/C10H15BrN2O2/c1-3-12-6-10(14)13(2)7-8-4-5-9(11)15-8/h4-5,12H,3,6-7H2,1-2H3. The summed E-state index contributed by atoms with van der Waals surface area (Å²) >= 11 is 3.22. The Kier molecular flexibility index (Phi) is 4.84. The SMILES string of the molecule is CCNCC(=O)N(C)Cc1ccc(Br)o1. The first kappa shape index (κ1) is 12.3. The zero-order valence-corrected chi connectivity index (χ0v) is 10.5. The van der Waals surface area contributed by atoms with Crippen molar-refractivity contribution in [1.29, 1.82) is 0 Å². The third-order valence-corrected chi connectivity index (χ3v) is 2.40. The molecule has 0 atom stereocenters. The zero-order chi connectivity index (χ0) is 11.3. The molecule has 5 heteroatoms. The molecule has 0 unspecified atom stereocenters. The first-order valence-electron chi connectivity index (χ1n) is 4.82. The molecule has 0 aliphatic carbocycles. The number of nitrogens with zero attached hydrogens (tertiary/aromatic N) is 1. The van der Waals surface area contributed by atoms with Crippen molar-refractivity contribution in [3.63, 3.8) is 0 Å². The Labute approximate surface area is 97.8 Å². The maximum atomic E-state index is 11.5. The fourth-order valence-electron chi connectivity index (χ4n) is 1.13. The number of halogens is 1. The summed E-state index contributed by atoms with van der Waals surface area (Å²) in [6.45, 7) is 3.63. The van der Waals surface area contributed by atoms with E-state index in [0.29, 0.717) is 17.8 Å². The van der Waals surface area contributed by atoms with E-state index in [-0.39, 0.29) is 5.91 Å². The number of hydrogen-bond donors (Lipinski definition) is 1. The molecular formula is C10H15BrN2O2. The minimum absolute atomic E-state index is 0.0596. The van der Waals surface area contributed by atoms with Crippen molar-refractivity contribution >= 4 is 21.8 Å². The summed E-state index contributed by atoms with van der Waals surface area (Å²) in [5.41, 5.74) is 0. The van der Waals surface area contributed by atoms with E-state index in [4.69, 9.17) is 4.42 Å². The van der Waals surface area contributed by atoms with Gasteiger partial charge in [-0.05, 0) is 34.6 Å². The number of carbonyl (C=O) groups excluding carboxylic acids is 1. The minimum Gasteiger partial charge on any atom is -0.452 e. The van der Waals surface area contributed by atoms with Crippen molar-refractivity contribution in [2.24, 2.45) is 0 Å². The average molecular weight is 275 g/mol. The lowest BCUT2D eigenvalue weighted by molar-refractivity contribution is -0.129. The van der Waals surface area contributed by atoms with Gasteiger partial charge in [-0.15, -0.1) is 0 Å². The van der Waals surface area contributed by atoms with Gasteiger partial charge in [0.2, 0.25) is 5.91 Å². The molecule has 4 nitrogen and oxygen atoms in total. The van der Waals surface area contributed by atoms with Gasteiger partial charge in [-0.1, -0.05) is 6.92 Å².